The molecule has 0 bridgehead atoms. The fourth-order valence-electron chi connectivity index (χ4n) is 2.50. The van der Waals surface area contributed by atoms with Crippen molar-refractivity contribution in [3.8, 4) is 5.75 Å². The first-order chi connectivity index (χ1) is 10.8. The number of alkyl halides is 1. The monoisotopic (exact) mass is 327 g/mol. The minimum Gasteiger partial charge on any atom is -0.492 e. The Kier molecular flexibility index (Phi) is 8.02. The summed E-state index contributed by atoms with van der Waals surface area (Å²) in [4.78, 5) is 2.35. The predicted molar refractivity (Wildman–Crippen MR) is 88.7 cm³/mol. The zero-order valence-electron chi connectivity index (χ0n) is 13.0. The molecule has 1 aromatic rings. The highest BCUT2D eigenvalue weighted by Crippen LogP contribution is 2.22. The van der Waals surface area contributed by atoms with Crippen LogP contribution in [-0.2, 0) is 4.74 Å². The summed E-state index contributed by atoms with van der Waals surface area (Å²) >= 11 is 5.65. The van der Waals surface area contributed by atoms with Crippen LogP contribution < -0.4 is 4.74 Å². The lowest BCUT2D eigenvalue weighted by molar-refractivity contribution is 0.0322. The molecule has 5 heteroatoms. The van der Waals surface area contributed by atoms with E-state index in [4.69, 9.17) is 21.1 Å². The third kappa shape index (κ3) is 6.13. The van der Waals surface area contributed by atoms with E-state index in [1.54, 1.807) is 0 Å². The summed E-state index contributed by atoms with van der Waals surface area (Å²) in [5, 5.41) is 10.1. The van der Waals surface area contributed by atoms with Crippen molar-refractivity contribution in [2.75, 3.05) is 45.3 Å². The Morgan fingerprint density at radius 2 is 1.91 bits per heavy atom. The number of ether oxygens (including phenoxy) is 2. The summed E-state index contributed by atoms with van der Waals surface area (Å²) in [5.74, 6) is 1.51. The molecule has 2 rings (SSSR count). The van der Waals surface area contributed by atoms with Crippen molar-refractivity contribution in [1.29, 1.82) is 0 Å². The number of hydrogen-bond donors (Lipinski definition) is 1. The Morgan fingerprint density at radius 3 is 2.59 bits per heavy atom. The predicted octanol–water partition coefficient (Wildman–Crippen LogP) is 2.84. The fourth-order valence-corrected chi connectivity index (χ4v) is 2.69. The lowest BCUT2D eigenvalue weighted by Gasteiger charge is -2.26. The second-order valence-electron chi connectivity index (χ2n) is 5.57. The zero-order chi connectivity index (χ0) is 15.6. The lowest BCUT2D eigenvalue weighted by atomic mass is 10.0. The van der Waals surface area contributed by atoms with Crippen LogP contribution in [0, 0.1) is 0 Å². The second-order valence-corrected chi connectivity index (χ2v) is 5.95. The summed E-state index contributed by atoms with van der Waals surface area (Å²) in [6, 6.07) is 7.74. The molecule has 0 spiro atoms. The molecular weight excluding hydrogens is 302 g/mol. The van der Waals surface area contributed by atoms with Crippen LogP contribution in [0.25, 0.3) is 0 Å². The summed E-state index contributed by atoms with van der Waals surface area (Å²) in [5.41, 5.74) is 0.940. The fraction of sp³-hybridized carbons (Fsp3) is 0.647. The van der Waals surface area contributed by atoms with E-state index in [1.807, 2.05) is 24.3 Å². The van der Waals surface area contributed by atoms with Gasteiger partial charge in [-0.15, -0.1) is 11.6 Å². The highest BCUT2D eigenvalue weighted by atomic mass is 35.5. The molecule has 1 saturated heterocycles. The SMILES string of the molecule is OC(CCCCCl)c1ccc(OCCN2CCOCC2)cc1. The average Bonchev–Trinajstić information content (AvgIpc) is 2.56. The van der Waals surface area contributed by atoms with Gasteiger partial charge >= 0.3 is 0 Å². The van der Waals surface area contributed by atoms with Gasteiger partial charge in [0.25, 0.3) is 0 Å². The van der Waals surface area contributed by atoms with Crippen molar-refractivity contribution in [2.45, 2.75) is 25.4 Å². The number of unbranched alkanes of at least 4 members (excludes halogenated alkanes) is 1. The molecule has 1 aliphatic heterocycles. The van der Waals surface area contributed by atoms with Crippen LogP contribution in [0.3, 0.4) is 0 Å². The van der Waals surface area contributed by atoms with E-state index in [0.29, 0.717) is 12.5 Å². The maximum absolute atomic E-state index is 10.1. The Balaban J connectivity index is 1.69. The van der Waals surface area contributed by atoms with E-state index in [1.165, 1.54) is 0 Å². The Labute approximate surface area is 138 Å². The number of morpholine rings is 1. The largest absolute Gasteiger partial charge is 0.492 e. The second kappa shape index (κ2) is 10.1. The molecule has 124 valence electrons. The number of benzene rings is 1. The first-order valence-corrected chi connectivity index (χ1v) is 8.60. The molecule has 0 aliphatic carbocycles. The third-order valence-electron chi connectivity index (χ3n) is 3.91. The number of nitrogens with zero attached hydrogens (tertiary/aromatic N) is 1. The van der Waals surface area contributed by atoms with Gasteiger partial charge in [0, 0.05) is 25.5 Å². The van der Waals surface area contributed by atoms with Gasteiger partial charge in [0.2, 0.25) is 0 Å². The number of halogens is 1. The van der Waals surface area contributed by atoms with Gasteiger partial charge in [-0.1, -0.05) is 12.1 Å². The molecule has 1 atom stereocenters. The van der Waals surface area contributed by atoms with Gasteiger partial charge in [-0.3, -0.25) is 4.90 Å². The Hall–Kier alpha value is -0.810. The third-order valence-corrected chi connectivity index (χ3v) is 4.17. The Morgan fingerprint density at radius 1 is 1.18 bits per heavy atom. The summed E-state index contributed by atoms with van der Waals surface area (Å²) in [7, 11) is 0. The van der Waals surface area contributed by atoms with Crippen molar-refractivity contribution in [3.63, 3.8) is 0 Å². The lowest BCUT2D eigenvalue weighted by Crippen LogP contribution is -2.38. The summed E-state index contributed by atoms with van der Waals surface area (Å²) in [6.07, 6.45) is 2.24. The molecule has 22 heavy (non-hydrogen) atoms. The van der Waals surface area contributed by atoms with Crippen LogP contribution in [0.4, 0.5) is 0 Å². The number of aliphatic hydroxyl groups excluding tert-OH is 1. The number of rotatable bonds is 9. The molecule has 0 radical (unpaired) electrons. The molecule has 1 aromatic carbocycles. The van der Waals surface area contributed by atoms with Gasteiger partial charge in [0.1, 0.15) is 12.4 Å². The minimum absolute atomic E-state index is 0.411. The topological polar surface area (TPSA) is 41.9 Å². The van der Waals surface area contributed by atoms with Crippen LogP contribution >= 0.6 is 11.6 Å². The van der Waals surface area contributed by atoms with E-state index in [0.717, 1.165) is 63.4 Å². The van der Waals surface area contributed by atoms with Crippen molar-refractivity contribution < 1.29 is 14.6 Å². The smallest absolute Gasteiger partial charge is 0.119 e. The van der Waals surface area contributed by atoms with Gasteiger partial charge in [-0.05, 0) is 37.0 Å². The van der Waals surface area contributed by atoms with Gasteiger partial charge in [0.05, 0.1) is 19.3 Å². The maximum Gasteiger partial charge on any atom is 0.119 e. The van der Waals surface area contributed by atoms with Gasteiger partial charge in [0.15, 0.2) is 0 Å². The van der Waals surface area contributed by atoms with Gasteiger partial charge < -0.3 is 14.6 Å². The van der Waals surface area contributed by atoms with Crippen molar-refractivity contribution in [2.24, 2.45) is 0 Å². The molecule has 0 amide bonds. The maximum atomic E-state index is 10.1. The number of hydrogen-bond acceptors (Lipinski definition) is 4. The highest BCUT2D eigenvalue weighted by Gasteiger charge is 2.10. The summed E-state index contributed by atoms with van der Waals surface area (Å²) < 4.78 is 11.1. The van der Waals surface area contributed by atoms with Crippen molar-refractivity contribution >= 4 is 11.6 Å². The molecular formula is C17H26ClNO3. The van der Waals surface area contributed by atoms with Gasteiger partial charge in [-0.2, -0.15) is 0 Å². The first-order valence-electron chi connectivity index (χ1n) is 8.06. The van der Waals surface area contributed by atoms with E-state index in [2.05, 4.69) is 4.90 Å². The van der Waals surface area contributed by atoms with Crippen LogP contribution in [0.5, 0.6) is 5.75 Å². The minimum atomic E-state index is -0.411. The van der Waals surface area contributed by atoms with E-state index in [-0.39, 0.29) is 0 Å². The normalized spacial score (nSPS) is 17.4. The molecule has 1 unspecified atom stereocenters. The molecule has 0 saturated carbocycles. The zero-order valence-corrected chi connectivity index (χ0v) is 13.8. The highest BCUT2D eigenvalue weighted by molar-refractivity contribution is 6.17. The molecule has 1 aliphatic rings. The van der Waals surface area contributed by atoms with Gasteiger partial charge in [-0.25, -0.2) is 0 Å². The van der Waals surface area contributed by atoms with Crippen molar-refractivity contribution in [1.82, 2.24) is 4.90 Å². The van der Waals surface area contributed by atoms with Crippen LogP contribution in [0.15, 0.2) is 24.3 Å². The quantitative estimate of drug-likeness (QED) is 0.559. The molecule has 1 N–H and O–H groups in total. The van der Waals surface area contributed by atoms with Crippen LogP contribution in [0.1, 0.15) is 30.9 Å². The standard InChI is InChI=1S/C17H26ClNO3/c18-8-2-1-3-17(20)15-4-6-16(7-5-15)22-14-11-19-9-12-21-13-10-19/h4-7,17,20H,1-3,8-14H2. The molecule has 1 heterocycles. The van der Waals surface area contributed by atoms with Crippen LogP contribution in [0.2, 0.25) is 0 Å². The van der Waals surface area contributed by atoms with E-state index < -0.39 is 6.10 Å². The number of aliphatic hydroxyl groups is 1. The van der Waals surface area contributed by atoms with E-state index in [9.17, 15) is 5.11 Å². The molecule has 0 aromatic heterocycles. The molecule has 1 fully saturated rings. The van der Waals surface area contributed by atoms with Crippen LogP contribution in [-0.4, -0.2) is 55.3 Å². The molecule has 4 nitrogen and oxygen atoms in total. The first kappa shape index (κ1) is 17.5. The van der Waals surface area contributed by atoms with E-state index >= 15 is 0 Å². The summed E-state index contributed by atoms with van der Waals surface area (Å²) in [6.45, 7) is 5.20. The van der Waals surface area contributed by atoms with Crippen molar-refractivity contribution in [3.05, 3.63) is 29.8 Å². The average molecular weight is 328 g/mol. The Bertz CT molecular complexity index is 407.